The topological polar surface area (TPSA) is 61.3 Å². The predicted molar refractivity (Wildman–Crippen MR) is 110 cm³/mol. The van der Waals surface area contributed by atoms with Crippen LogP contribution in [0.25, 0.3) is 21.5 Å². The van der Waals surface area contributed by atoms with Gasteiger partial charge in [-0.2, -0.15) is 0 Å². The molecule has 0 radical (unpaired) electrons. The van der Waals surface area contributed by atoms with Gasteiger partial charge < -0.3 is 9.47 Å². The lowest BCUT2D eigenvalue weighted by molar-refractivity contribution is 0.0468. The van der Waals surface area contributed by atoms with Gasteiger partial charge in [0.15, 0.2) is 0 Å². The average Bonchev–Trinajstić information content (AvgIpc) is 3.20. The molecule has 2 heterocycles. The Bertz CT molecular complexity index is 1160. The summed E-state index contributed by atoms with van der Waals surface area (Å²) in [6.07, 6.45) is 0. The van der Waals surface area contributed by atoms with Crippen molar-refractivity contribution < 1.29 is 14.3 Å². The summed E-state index contributed by atoms with van der Waals surface area (Å²) in [4.78, 5) is 21.2. The van der Waals surface area contributed by atoms with E-state index in [2.05, 4.69) is 9.97 Å². The summed E-state index contributed by atoms with van der Waals surface area (Å²) in [6.45, 7) is 0.0986. The number of fused-ring (bicyclic) bond motifs is 1. The molecule has 0 fully saturated rings. The van der Waals surface area contributed by atoms with Crippen molar-refractivity contribution in [2.75, 3.05) is 7.11 Å². The minimum atomic E-state index is -0.413. The normalized spacial score (nSPS) is 10.8. The van der Waals surface area contributed by atoms with Crippen LogP contribution in [0.1, 0.15) is 16.1 Å². The Kier molecular flexibility index (Phi) is 5.23. The number of halogens is 1. The molecule has 4 rings (SSSR count). The molecule has 0 unspecified atom stereocenters. The number of para-hydroxylation sites is 1. The van der Waals surface area contributed by atoms with Crippen LogP contribution in [0.4, 0.5) is 0 Å². The minimum absolute atomic E-state index is 0.0986. The van der Waals surface area contributed by atoms with Gasteiger partial charge in [0, 0.05) is 10.8 Å². The molecule has 0 saturated carbocycles. The van der Waals surface area contributed by atoms with Gasteiger partial charge in [-0.25, -0.2) is 14.8 Å². The first-order valence-electron chi connectivity index (χ1n) is 8.45. The largest absolute Gasteiger partial charge is 0.496 e. The second-order valence-electron chi connectivity index (χ2n) is 5.96. The van der Waals surface area contributed by atoms with Gasteiger partial charge in [-0.05, 0) is 42.5 Å². The van der Waals surface area contributed by atoms with Crippen LogP contribution < -0.4 is 4.74 Å². The zero-order valence-corrected chi connectivity index (χ0v) is 16.5. The first-order chi connectivity index (χ1) is 13.6. The van der Waals surface area contributed by atoms with Crippen LogP contribution in [0, 0.1) is 0 Å². The van der Waals surface area contributed by atoms with E-state index in [4.69, 9.17) is 21.1 Å². The van der Waals surface area contributed by atoms with Crippen molar-refractivity contribution in [3.05, 3.63) is 76.4 Å². The van der Waals surface area contributed by atoms with Crippen molar-refractivity contribution in [3.63, 3.8) is 0 Å². The third-order valence-electron chi connectivity index (χ3n) is 4.13. The van der Waals surface area contributed by atoms with Crippen molar-refractivity contribution in [1.82, 2.24) is 9.97 Å². The zero-order chi connectivity index (χ0) is 19.5. The number of pyridine rings is 1. The van der Waals surface area contributed by atoms with E-state index in [9.17, 15) is 4.79 Å². The predicted octanol–water partition coefficient (Wildman–Crippen LogP) is 5.38. The Morgan fingerprint density at radius 1 is 1.11 bits per heavy atom. The summed E-state index contributed by atoms with van der Waals surface area (Å²) in [5, 5.41) is 3.93. The number of thiazole rings is 1. The molecule has 7 heteroatoms. The van der Waals surface area contributed by atoms with Crippen molar-refractivity contribution in [1.29, 1.82) is 0 Å². The Morgan fingerprint density at radius 3 is 2.82 bits per heavy atom. The number of esters is 1. The van der Waals surface area contributed by atoms with Gasteiger partial charge in [-0.3, -0.25) is 0 Å². The average molecular weight is 411 g/mol. The van der Waals surface area contributed by atoms with Gasteiger partial charge in [0.25, 0.3) is 0 Å². The van der Waals surface area contributed by atoms with Crippen molar-refractivity contribution in [2.24, 2.45) is 0 Å². The molecule has 5 nitrogen and oxygen atoms in total. The van der Waals surface area contributed by atoms with Gasteiger partial charge in [-0.1, -0.05) is 23.7 Å². The zero-order valence-electron chi connectivity index (χ0n) is 14.9. The van der Waals surface area contributed by atoms with Crippen LogP contribution in [-0.2, 0) is 11.3 Å². The van der Waals surface area contributed by atoms with Crippen molar-refractivity contribution >= 4 is 39.8 Å². The van der Waals surface area contributed by atoms with Crippen molar-refractivity contribution in [2.45, 2.75) is 6.61 Å². The molecule has 0 aliphatic heterocycles. The summed E-state index contributed by atoms with van der Waals surface area (Å²) >= 11 is 7.37. The highest BCUT2D eigenvalue weighted by Gasteiger charge is 2.13. The number of benzene rings is 2. The summed E-state index contributed by atoms with van der Waals surface area (Å²) in [5.41, 5.74) is 2.78. The molecule has 0 spiro atoms. The van der Waals surface area contributed by atoms with Crippen LogP contribution in [0.2, 0.25) is 5.15 Å². The third-order valence-corrected chi connectivity index (χ3v) is 5.27. The minimum Gasteiger partial charge on any atom is -0.496 e. The van der Waals surface area contributed by atoms with Gasteiger partial charge in [-0.15, -0.1) is 11.3 Å². The Morgan fingerprint density at radius 2 is 1.96 bits per heavy atom. The van der Waals surface area contributed by atoms with Gasteiger partial charge in [0.05, 0.1) is 29.4 Å². The summed E-state index contributed by atoms with van der Waals surface area (Å²) in [7, 11) is 1.63. The number of carbonyl (C=O) groups excluding carboxylic acids is 1. The van der Waals surface area contributed by atoms with E-state index in [0.717, 1.165) is 27.2 Å². The lowest BCUT2D eigenvalue weighted by Crippen LogP contribution is -2.05. The molecule has 0 N–H and O–H groups in total. The maximum Gasteiger partial charge on any atom is 0.338 e. The summed E-state index contributed by atoms with van der Waals surface area (Å²) < 4.78 is 10.8. The Labute approximate surface area is 170 Å². The fraction of sp³-hybridized carbons (Fsp3) is 0.0952. The maximum atomic E-state index is 12.4. The number of ether oxygens (including phenoxy) is 2. The number of rotatable bonds is 5. The molecule has 0 bridgehead atoms. The third kappa shape index (κ3) is 3.83. The number of methoxy groups -OCH3 is 1. The van der Waals surface area contributed by atoms with Gasteiger partial charge >= 0.3 is 5.97 Å². The van der Waals surface area contributed by atoms with E-state index in [1.807, 2.05) is 35.7 Å². The van der Waals surface area contributed by atoms with Crippen LogP contribution in [0.5, 0.6) is 5.75 Å². The van der Waals surface area contributed by atoms with Crippen molar-refractivity contribution in [3.8, 4) is 16.3 Å². The molecule has 28 heavy (non-hydrogen) atoms. The molecule has 4 aromatic rings. The fourth-order valence-electron chi connectivity index (χ4n) is 2.77. The number of aromatic nitrogens is 2. The smallest absolute Gasteiger partial charge is 0.338 e. The van der Waals surface area contributed by atoms with Crippen LogP contribution in [0.15, 0.2) is 60.0 Å². The second kappa shape index (κ2) is 7.96. The van der Waals surface area contributed by atoms with E-state index in [1.54, 1.807) is 31.4 Å². The molecule has 0 atom stereocenters. The van der Waals surface area contributed by atoms with E-state index >= 15 is 0 Å². The highest BCUT2D eigenvalue weighted by Crippen LogP contribution is 2.32. The summed E-state index contributed by atoms with van der Waals surface area (Å²) in [5.74, 6) is 0.342. The molecular weight excluding hydrogens is 396 g/mol. The SMILES string of the molecule is COc1ccccc1-c1nc(COC(=O)c2ccc3nc(Cl)ccc3c2)cs1. The Hall–Kier alpha value is -2.96. The quantitative estimate of drug-likeness (QED) is 0.326. The standard InChI is InChI=1S/C21H15ClN2O3S/c1-26-18-5-3-2-4-16(18)20-23-15(12-28-20)11-27-21(25)14-6-8-17-13(10-14)7-9-19(22)24-17/h2-10,12H,11H2,1H3. The number of carbonyl (C=O) groups is 1. The molecule has 2 aromatic heterocycles. The molecular formula is C21H15ClN2O3S. The van der Waals surface area contributed by atoms with E-state index in [1.165, 1.54) is 11.3 Å². The molecule has 140 valence electrons. The van der Waals surface area contributed by atoms with Crippen LogP contribution in [-0.4, -0.2) is 23.0 Å². The number of hydrogen-bond donors (Lipinski definition) is 0. The molecule has 0 amide bonds. The highest BCUT2D eigenvalue weighted by molar-refractivity contribution is 7.13. The first-order valence-corrected chi connectivity index (χ1v) is 9.71. The fourth-order valence-corrected chi connectivity index (χ4v) is 3.76. The van der Waals surface area contributed by atoms with E-state index in [0.29, 0.717) is 16.4 Å². The van der Waals surface area contributed by atoms with Gasteiger partial charge in [0.2, 0.25) is 0 Å². The molecule has 0 aliphatic carbocycles. The number of nitrogens with zero attached hydrogens (tertiary/aromatic N) is 2. The van der Waals surface area contributed by atoms with E-state index < -0.39 is 5.97 Å². The van der Waals surface area contributed by atoms with E-state index in [-0.39, 0.29) is 6.61 Å². The number of hydrogen-bond acceptors (Lipinski definition) is 6. The summed E-state index contributed by atoms with van der Waals surface area (Å²) in [6, 6.07) is 16.3. The molecule has 0 aliphatic rings. The first kappa shape index (κ1) is 18.4. The lowest BCUT2D eigenvalue weighted by atomic mass is 10.1. The van der Waals surface area contributed by atoms with Crippen LogP contribution >= 0.6 is 22.9 Å². The Balaban J connectivity index is 1.47. The second-order valence-corrected chi connectivity index (χ2v) is 7.21. The highest BCUT2D eigenvalue weighted by atomic mass is 35.5. The monoisotopic (exact) mass is 410 g/mol. The van der Waals surface area contributed by atoms with Crippen LogP contribution in [0.3, 0.4) is 0 Å². The lowest BCUT2D eigenvalue weighted by Gasteiger charge is -2.05. The molecule has 2 aromatic carbocycles. The van der Waals surface area contributed by atoms with Gasteiger partial charge in [0.1, 0.15) is 22.5 Å². The molecule has 0 saturated heterocycles. The maximum absolute atomic E-state index is 12.4.